The first kappa shape index (κ1) is 33.1. The Balaban J connectivity index is 1.00. The predicted molar refractivity (Wildman–Crippen MR) is 201 cm³/mol. The topological polar surface area (TPSA) is 101 Å². The Hall–Kier alpha value is -5.09. The molecule has 3 heterocycles. The smallest absolute Gasteiger partial charge is 0.264 e. The van der Waals surface area contributed by atoms with Crippen molar-refractivity contribution in [3.63, 3.8) is 0 Å². The number of aliphatic hydroxyl groups is 2. The number of hydrogen-bond acceptors (Lipinski definition) is 5. The van der Waals surface area contributed by atoms with Crippen LogP contribution in [0.5, 0.6) is 0 Å². The van der Waals surface area contributed by atoms with Gasteiger partial charge in [0.05, 0.1) is 36.1 Å². The van der Waals surface area contributed by atoms with E-state index in [0.29, 0.717) is 29.8 Å². The molecular weight excluding hydrogens is 706 g/mol. The number of carbonyl (C=O) groups excluding carboxylic acids is 3. The maximum atomic E-state index is 14.2. The van der Waals surface area contributed by atoms with Crippen molar-refractivity contribution >= 4 is 61.5 Å². The standard InChI is InChI=1S/C42H36BrN3O5/c1-26(7-4-14-38(48)44-24-30-9-3-2-8-29(30)21-33(44)25-47)42(51)35-22-31(43)17-20-36(35)45(41(42)50)23-27-15-18-32(19-16-27)46-37-13-6-11-28-10-5-12-34(39(28)37)40(46)49/h2-13,15-20,22,26,33,47,51H,14,21,23-25H2,1H3/b7-4+/t26-,33+,42+/m1/s1. The first-order chi connectivity index (χ1) is 24.7. The lowest BCUT2D eigenvalue weighted by Crippen LogP contribution is -2.46. The quantitative estimate of drug-likeness (QED) is 0.165. The predicted octanol–water partition coefficient (Wildman–Crippen LogP) is 7.16. The van der Waals surface area contributed by atoms with Crippen molar-refractivity contribution in [2.24, 2.45) is 5.92 Å². The van der Waals surface area contributed by atoms with Crippen molar-refractivity contribution < 1.29 is 24.6 Å². The number of rotatable bonds is 8. The highest BCUT2D eigenvalue weighted by Crippen LogP contribution is 2.47. The second-order valence-electron chi connectivity index (χ2n) is 13.6. The van der Waals surface area contributed by atoms with Crippen molar-refractivity contribution in [2.75, 3.05) is 16.4 Å². The van der Waals surface area contributed by atoms with E-state index in [9.17, 15) is 24.6 Å². The molecule has 0 spiro atoms. The van der Waals surface area contributed by atoms with E-state index in [-0.39, 0.29) is 37.4 Å². The second-order valence-corrected chi connectivity index (χ2v) is 14.5. The normalized spacial score (nSPS) is 20.0. The van der Waals surface area contributed by atoms with Gasteiger partial charge >= 0.3 is 0 Å². The third-order valence-corrected chi connectivity index (χ3v) is 11.1. The van der Waals surface area contributed by atoms with Crippen LogP contribution in [0.15, 0.2) is 120 Å². The van der Waals surface area contributed by atoms with Crippen molar-refractivity contribution in [1.82, 2.24) is 4.90 Å². The van der Waals surface area contributed by atoms with Crippen molar-refractivity contribution in [1.29, 1.82) is 0 Å². The molecule has 3 atom stereocenters. The van der Waals surface area contributed by atoms with Gasteiger partial charge in [-0.25, -0.2) is 0 Å². The summed E-state index contributed by atoms with van der Waals surface area (Å²) in [5.74, 6) is -1.30. The summed E-state index contributed by atoms with van der Waals surface area (Å²) < 4.78 is 0.733. The maximum absolute atomic E-state index is 14.2. The Morgan fingerprint density at radius 3 is 2.45 bits per heavy atom. The molecule has 0 unspecified atom stereocenters. The summed E-state index contributed by atoms with van der Waals surface area (Å²) >= 11 is 3.52. The van der Waals surface area contributed by atoms with Crippen LogP contribution in [0.2, 0.25) is 0 Å². The molecular formula is C42H36BrN3O5. The lowest BCUT2D eigenvalue weighted by molar-refractivity contribution is -0.139. The molecule has 2 N–H and O–H groups in total. The highest BCUT2D eigenvalue weighted by atomic mass is 79.9. The monoisotopic (exact) mass is 741 g/mol. The summed E-state index contributed by atoms with van der Waals surface area (Å²) in [7, 11) is 0. The fraction of sp³-hybridized carbons (Fsp3) is 0.214. The van der Waals surface area contributed by atoms with E-state index in [0.717, 1.165) is 43.3 Å². The van der Waals surface area contributed by atoms with Gasteiger partial charge in [-0.1, -0.05) is 95.7 Å². The molecule has 9 heteroatoms. The van der Waals surface area contributed by atoms with Crippen LogP contribution in [0.3, 0.4) is 0 Å². The highest BCUT2D eigenvalue weighted by Gasteiger charge is 2.52. The molecule has 0 saturated carbocycles. The average Bonchev–Trinajstić information content (AvgIpc) is 3.55. The molecule has 0 fully saturated rings. The highest BCUT2D eigenvalue weighted by molar-refractivity contribution is 9.10. The summed E-state index contributed by atoms with van der Waals surface area (Å²) in [5.41, 5.74) is 4.55. The van der Waals surface area contributed by atoms with Crippen LogP contribution in [0, 0.1) is 5.92 Å². The van der Waals surface area contributed by atoms with Gasteiger partial charge in [0.2, 0.25) is 5.91 Å². The maximum Gasteiger partial charge on any atom is 0.264 e. The summed E-state index contributed by atoms with van der Waals surface area (Å²) in [4.78, 5) is 46.0. The van der Waals surface area contributed by atoms with Crippen LogP contribution in [0.1, 0.15) is 46.0 Å². The van der Waals surface area contributed by atoms with E-state index in [1.807, 2.05) is 97.1 Å². The molecule has 5 aromatic rings. The lowest BCUT2D eigenvalue weighted by atomic mass is 9.83. The number of aliphatic hydroxyl groups excluding tert-OH is 1. The first-order valence-electron chi connectivity index (χ1n) is 17.1. The molecule has 0 aliphatic carbocycles. The van der Waals surface area contributed by atoms with Crippen molar-refractivity contribution in [3.8, 4) is 0 Å². The Labute approximate surface area is 304 Å². The molecule has 8 nitrogen and oxygen atoms in total. The number of benzene rings is 5. The third kappa shape index (κ3) is 5.47. The van der Waals surface area contributed by atoms with Crippen LogP contribution < -0.4 is 9.80 Å². The number of hydrogen-bond donors (Lipinski definition) is 2. The van der Waals surface area contributed by atoms with E-state index < -0.39 is 17.4 Å². The van der Waals surface area contributed by atoms with Gasteiger partial charge in [-0.3, -0.25) is 19.3 Å². The second kappa shape index (κ2) is 12.9. The zero-order valence-corrected chi connectivity index (χ0v) is 29.6. The zero-order valence-electron chi connectivity index (χ0n) is 28.0. The average molecular weight is 743 g/mol. The van der Waals surface area contributed by atoms with Crippen molar-refractivity contribution in [2.45, 2.75) is 44.5 Å². The number of fused-ring (bicyclic) bond motifs is 2. The fourth-order valence-electron chi connectivity index (χ4n) is 7.85. The molecule has 3 aliphatic rings. The van der Waals surface area contributed by atoms with Gasteiger partial charge in [0.25, 0.3) is 11.8 Å². The number of anilines is 3. The van der Waals surface area contributed by atoms with Crippen LogP contribution in [0.25, 0.3) is 10.8 Å². The van der Waals surface area contributed by atoms with E-state index in [4.69, 9.17) is 0 Å². The van der Waals surface area contributed by atoms with Gasteiger partial charge in [0.1, 0.15) is 0 Å². The van der Waals surface area contributed by atoms with E-state index in [1.54, 1.807) is 39.8 Å². The largest absolute Gasteiger partial charge is 0.394 e. The van der Waals surface area contributed by atoms with Gasteiger partial charge < -0.3 is 20.0 Å². The number of halogens is 1. The van der Waals surface area contributed by atoms with E-state index >= 15 is 0 Å². The van der Waals surface area contributed by atoms with Crippen LogP contribution >= 0.6 is 15.9 Å². The molecule has 0 saturated heterocycles. The zero-order chi connectivity index (χ0) is 35.4. The molecule has 3 aliphatic heterocycles. The van der Waals surface area contributed by atoms with Gasteiger partial charge in [-0.15, -0.1) is 0 Å². The Bertz CT molecular complexity index is 2250. The number of nitrogens with zero attached hydrogens (tertiary/aromatic N) is 3. The summed E-state index contributed by atoms with van der Waals surface area (Å²) in [6.07, 6.45) is 4.12. The SMILES string of the molecule is C[C@H](/C=C/CC(=O)N1Cc2ccccc2C[C@H]1CO)[C@@]1(O)C(=O)N(Cc2ccc(N3C(=O)c4cccc5cccc3c45)cc2)c2ccc(Br)cc21. The molecule has 8 rings (SSSR count). The Morgan fingerprint density at radius 2 is 1.69 bits per heavy atom. The summed E-state index contributed by atoms with van der Waals surface area (Å²) in [6, 6.07) is 32.4. The summed E-state index contributed by atoms with van der Waals surface area (Å²) in [6.45, 7) is 2.30. The molecule has 0 aromatic heterocycles. The van der Waals surface area contributed by atoms with Gasteiger partial charge in [0, 0.05) is 40.0 Å². The van der Waals surface area contributed by atoms with Crippen molar-refractivity contribution in [3.05, 3.63) is 148 Å². The minimum absolute atomic E-state index is 0.0768. The minimum atomic E-state index is -1.86. The minimum Gasteiger partial charge on any atom is -0.394 e. The van der Waals surface area contributed by atoms with Gasteiger partial charge in [0.15, 0.2) is 5.60 Å². The summed E-state index contributed by atoms with van der Waals surface area (Å²) in [5, 5.41) is 24.2. The Morgan fingerprint density at radius 1 is 0.941 bits per heavy atom. The number of carbonyl (C=O) groups is 3. The fourth-order valence-corrected chi connectivity index (χ4v) is 8.21. The van der Waals surface area contributed by atoms with Crippen LogP contribution in [-0.4, -0.2) is 45.5 Å². The van der Waals surface area contributed by atoms with Gasteiger partial charge in [-0.05, 0) is 71.0 Å². The third-order valence-electron chi connectivity index (χ3n) is 10.6. The lowest BCUT2D eigenvalue weighted by Gasteiger charge is -2.36. The van der Waals surface area contributed by atoms with Crippen LogP contribution in [0.4, 0.5) is 17.1 Å². The molecule has 256 valence electrons. The molecule has 0 radical (unpaired) electrons. The van der Waals surface area contributed by atoms with Crippen LogP contribution in [-0.2, 0) is 34.7 Å². The van der Waals surface area contributed by atoms with E-state index in [1.165, 1.54) is 0 Å². The molecule has 0 bridgehead atoms. The Kier molecular flexibility index (Phi) is 8.37. The molecule has 5 aromatic carbocycles. The van der Waals surface area contributed by atoms with E-state index in [2.05, 4.69) is 15.9 Å². The number of amides is 3. The molecule has 51 heavy (non-hydrogen) atoms. The van der Waals surface area contributed by atoms with Gasteiger partial charge in [-0.2, -0.15) is 0 Å². The molecule has 3 amide bonds. The first-order valence-corrected chi connectivity index (χ1v) is 17.9.